The van der Waals surface area contributed by atoms with E-state index in [2.05, 4.69) is 56.9 Å². The molecule has 216 valence electrons. The van der Waals surface area contributed by atoms with Gasteiger partial charge in [-0.15, -0.1) is 0 Å². The van der Waals surface area contributed by atoms with Gasteiger partial charge in [0, 0.05) is 42.5 Å². The number of carbonyl (C=O) groups is 1. The number of amides is 1. The van der Waals surface area contributed by atoms with Gasteiger partial charge in [0.2, 0.25) is 0 Å². The first kappa shape index (κ1) is 29.9. The van der Waals surface area contributed by atoms with E-state index in [9.17, 15) is 4.79 Å². The molecule has 3 heterocycles. The number of methoxy groups -OCH3 is 1. The zero-order chi connectivity index (χ0) is 28.5. The first-order chi connectivity index (χ1) is 19.4. The Morgan fingerprint density at radius 1 is 0.975 bits per heavy atom. The zero-order valence-corrected chi connectivity index (χ0v) is 25.2. The lowest BCUT2D eigenvalue weighted by molar-refractivity contribution is 0.0741. The smallest absolute Gasteiger partial charge is 0.253 e. The predicted octanol–water partition coefficient (Wildman–Crippen LogP) is 7.43. The van der Waals surface area contributed by atoms with E-state index in [1.54, 1.807) is 7.11 Å². The second-order valence-corrected chi connectivity index (χ2v) is 12.0. The van der Waals surface area contributed by atoms with Gasteiger partial charge in [0.1, 0.15) is 11.4 Å². The summed E-state index contributed by atoms with van der Waals surface area (Å²) in [6, 6.07) is 12.0. The van der Waals surface area contributed by atoms with Crippen molar-refractivity contribution in [2.24, 2.45) is 11.8 Å². The van der Waals surface area contributed by atoms with Gasteiger partial charge in [-0.05, 0) is 87.0 Å². The molecule has 1 amide bonds. The van der Waals surface area contributed by atoms with Gasteiger partial charge < -0.3 is 9.64 Å². The molecule has 1 aliphatic heterocycles. The van der Waals surface area contributed by atoms with Crippen LogP contribution in [-0.4, -0.2) is 65.2 Å². The van der Waals surface area contributed by atoms with Gasteiger partial charge in [-0.25, -0.2) is 4.52 Å². The maximum atomic E-state index is 13.8. The van der Waals surface area contributed by atoms with Crippen molar-refractivity contribution in [2.75, 3.05) is 39.8 Å². The molecular weight excluding hydrogens is 496 g/mol. The van der Waals surface area contributed by atoms with Crippen LogP contribution in [0.2, 0.25) is 0 Å². The van der Waals surface area contributed by atoms with Crippen molar-refractivity contribution >= 4 is 17.5 Å². The number of ether oxygens (including phenoxy) is 1. The van der Waals surface area contributed by atoms with E-state index in [1.165, 1.54) is 25.7 Å². The highest BCUT2D eigenvalue weighted by Crippen LogP contribution is 2.30. The van der Waals surface area contributed by atoms with Crippen molar-refractivity contribution in [3.05, 3.63) is 59.8 Å². The average Bonchev–Trinajstić information content (AvgIpc) is 3.10. The van der Waals surface area contributed by atoms with E-state index in [4.69, 9.17) is 9.84 Å². The highest BCUT2D eigenvalue weighted by molar-refractivity contribution is 5.96. The Kier molecular flexibility index (Phi) is 10.8. The summed E-state index contributed by atoms with van der Waals surface area (Å²) in [5.74, 6) is 2.04. The van der Waals surface area contributed by atoms with Crippen LogP contribution in [0.1, 0.15) is 82.1 Å². The minimum Gasteiger partial charge on any atom is -0.497 e. The molecule has 1 saturated heterocycles. The summed E-state index contributed by atoms with van der Waals surface area (Å²) in [6.45, 7) is 13.7. The van der Waals surface area contributed by atoms with Gasteiger partial charge in [0.05, 0.1) is 12.6 Å². The molecule has 0 radical (unpaired) electrons. The van der Waals surface area contributed by atoms with E-state index >= 15 is 0 Å². The minimum atomic E-state index is 0.107. The van der Waals surface area contributed by atoms with E-state index < -0.39 is 0 Å². The molecule has 1 aromatic carbocycles. The fourth-order valence-corrected chi connectivity index (χ4v) is 5.29. The van der Waals surface area contributed by atoms with Crippen molar-refractivity contribution in [3.8, 4) is 17.0 Å². The summed E-state index contributed by atoms with van der Waals surface area (Å²) in [5.41, 5.74) is 4.67. The summed E-state index contributed by atoms with van der Waals surface area (Å²) >= 11 is 0. The summed E-state index contributed by atoms with van der Waals surface area (Å²) in [4.78, 5) is 18.4. The lowest BCUT2D eigenvalue weighted by atomic mass is 10.0. The van der Waals surface area contributed by atoms with Crippen LogP contribution in [0.15, 0.2) is 48.7 Å². The van der Waals surface area contributed by atoms with Crippen LogP contribution in [-0.2, 0) is 0 Å². The fourth-order valence-electron chi connectivity index (χ4n) is 5.29. The molecule has 1 fully saturated rings. The van der Waals surface area contributed by atoms with Gasteiger partial charge >= 0.3 is 0 Å². The van der Waals surface area contributed by atoms with E-state index in [0.29, 0.717) is 11.8 Å². The number of hydrogen-bond acceptors (Lipinski definition) is 4. The van der Waals surface area contributed by atoms with Crippen molar-refractivity contribution in [3.63, 3.8) is 0 Å². The Morgan fingerprint density at radius 2 is 1.62 bits per heavy atom. The molecule has 0 spiro atoms. The number of likely N-dealkylation sites (tertiary alicyclic amines) is 1. The number of hydrogen-bond donors (Lipinski definition) is 0. The standard InChI is InChI=1S/C34H48N4O2/c1-26(2)16-22-37(23-17-27(3)4)34(39)29-18-24-38-32(25-29)31(11-10-21-36-19-8-6-7-9-20-36)33(35-38)28-12-14-30(40-5)15-13-28/h10-15,18,24-27H,6-9,16-17,19-23H2,1-5H3/b11-10+. The van der Waals surface area contributed by atoms with Crippen LogP contribution < -0.4 is 4.74 Å². The van der Waals surface area contributed by atoms with Crippen LogP contribution in [0.3, 0.4) is 0 Å². The van der Waals surface area contributed by atoms with Crippen LogP contribution >= 0.6 is 0 Å². The van der Waals surface area contributed by atoms with Gasteiger partial charge in [-0.1, -0.05) is 52.7 Å². The summed E-state index contributed by atoms with van der Waals surface area (Å²) in [5, 5.41) is 4.97. The van der Waals surface area contributed by atoms with Crippen LogP contribution in [0.4, 0.5) is 0 Å². The topological polar surface area (TPSA) is 50.1 Å². The monoisotopic (exact) mass is 544 g/mol. The summed E-state index contributed by atoms with van der Waals surface area (Å²) in [6.07, 6.45) is 13.6. The van der Waals surface area contributed by atoms with Crippen LogP contribution in [0.5, 0.6) is 5.75 Å². The molecule has 4 rings (SSSR count). The van der Waals surface area contributed by atoms with Gasteiger partial charge in [0.15, 0.2) is 0 Å². The number of benzene rings is 1. The molecule has 6 heteroatoms. The molecule has 0 atom stereocenters. The highest BCUT2D eigenvalue weighted by atomic mass is 16.5. The van der Waals surface area contributed by atoms with Gasteiger partial charge in [0.25, 0.3) is 5.91 Å². The number of fused-ring (bicyclic) bond motifs is 1. The Morgan fingerprint density at radius 3 is 2.23 bits per heavy atom. The van der Waals surface area contributed by atoms with Crippen LogP contribution in [0.25, 0.3) is 22.9 Å². The first-order valence-corrected chi connectivity index (χ1v) is 15.2. The average molecular weight is 545 g/mol. The summed E-state index contributed by atoms with van der Waals surface area (Å²) in [7, 11) is 1.68. The maximum Gasteiger partial charge on any atom is 0.253 e. The lowest BCUT2D eigenvalue weighted by Gasteiger charge is -2.24. The van der Waals surface area contributed by atoms with E-state index in [1.807, 2.05) is 39.9 Å². The third-order valence-corrected chi connectivity index (χ3v) is 7.87. The number of nitrogens with zero attached hydrogens (tertiary/aromatic N) is 4. The molecule has 2 aromatic heterocycles. The van der Waals surface area contributed by atoms with Crippen molar-refractivity contribution in [1.29, 1.82) is 0 Å². The quantitative estimate of drug-likeness (QED) is 0.238. The molecular formula is C34H48N4O2. The second-order valence-electron chi connectivity index (χ2n) is 12.0. The van der Waals surface area contributed by atoms with Gasteiger partial charge in [-0.3, -0.25) is 9.69 Å². The predicted molar refractivity (Wildman–Crippen MR) is 166 cm³/mol. The third kappa shape index (κ3) is 7.97. The Hall–Kier alpha value is -3.12. The molecule has 0 aliphatic carbocycles. The molecule has 40 heavy (non-hydrogen) atoms. The highest BCUT2D eigenvalue weighted by Gasteiger charge is 2.20. The Labute approximate surface area is 241 Å². The van der Waals surface area contributed by atoms with Crippen molar-refractivity contribution < 1.29 is 9.53 Å². The normalized spacial score (nSPS) is 14.9. The SMILES string of the molecule is COc1ccc(-c2nn3ccc(C(=O)N(CCC(C)C)CCC(C)C)cc3c2/C=C/CN2CCCCCC2)cc1. The van der Waals surface area contributed by atoms with Gasteiger partial charge in [-0.2, -0.15) is 5.10 Å². The summed E-state index contributed by atoms with van der Waals surface area (Å²) < 4.78 is 7.29. The Bertz CT molecular complexity index is 1240. The fraction of sp³-hybridized carbons (Fsp3) is 0.529. The third-order valence-electron chi connectivity index (χ3n) is 7.87. The molecule has 0 unspecified atom stereocenters. The minimum absolute atomic E-state index is 0.107. The number of rotatable bonds is 12. The number of aromatic nitrogens is 2. The van der Waals surface area contributed by atoms with Crippen LogP contribution in [0, 0.1) is 11.8 Å². The van der Waals surface area contributed by atoms with Crippen molar-refractivity contribution in [1.82, 2.24) is 19.4 Å². The molecule has 6 nitrogen and oxygen atoms in total. The molecule has 0 bridgehead atoms. The van der Waals surface area contributed by atoms with E-state index in [-0.39, 0.29) is 5.91 Å². The Balaban J connectivity index is 1.69. The number of pyridine rings is 1. The molecule has 0 N–H and O–H groups in total. The molecule has 1 aliphatic rings. The number of carbonyl (C=O) groups excluding carboxylic acids is 1. The maximum absolute atomic E-state index is 13.8. The molecule has 3 aromatic rings. The zero-order valence-electron chi connectivity index (χ0n) is 25.2. The lowest BCUT2D eigenvalue weighted by Crippen LogP contribution is -2.34. The largest absolute Gasteiger partial charge is 0.497 e. The second kappa shape index (κ2) is 14.5. The van der Waals surface area contributed by atoms with E-state index in [0.717, 1.165) is 79.2 Å². The molecule has 0 saturated carbocycles. The van der Waals surface area contributed by atoms with Crippen molar-refractivity contribution in [2.45, 2.75) is 66.2 Å². The first-order valence-electron chi connectivity index (χ1n) is 15.2.